The van der Waals surface area contributed by atoms with Crippen molar-refractivity contribution < 1.29 is 8.83 Å². The Bertz CT molecular complexity index is 3150. The number of anilines is 3. The first-order valence-corrected chi connectivity index (χ1v) is 18.0. The molecule has 0 fully saturated rings. The molecule has 11 rings (SSSR count). The van der Waals surface area contributed by atoms with Crippen LogP contribution in [-0.4, -0.2) is 0 Å². The largest absolute Gasteiger partial charge is 0.456 e. The first kappa shape index (κ1) is 29.6. The minimum atomic E-state index is 0.832. The molecule has 9 aromatic carbocycles. The highest BCUT2D eigenvalue weighted by Crippen LogP contribution is 2.44. The average Bonchev–Trinajstić information content (AvgIpc) is 3.80. The van der Waals surface area contributed by atoms with Crippen LogP contribution in [0.4, 0.5) is 17.1 Å². The smallest absolute Gasteiger partial charge is 0.143 e. The van der Waals surface area contributed by atoms with Gasteiger partial charge < -0.3 is 13.7 Å². The van der Waals surface area contributed by atoms with Gasteiger partial charge in [0.05, 0.1) is 0 Å². The third-order valence-corrected chi connectivity index (χ3v) is 10.7. The lowest BCUT2D eigenvalue weighted by molar-refractivity contribution is 0.664. The number of nitrogens with zero attached hydrogens (tertiary/aromatic N) is 1. The molecule has 3 nitrogen and oxygen atoms in total. The van der Waals surface area contributed by atoms with Gasteiger partial charge in [-0.05, 0) is 93.0 Å². The van der Waals surface area contributed by atoms with E-state index >= 15 is 0 Å². The van der Waals surface area contributed by atoms with Crippen LogP contribution in [0, 0.1) is 0 Å². The predicted octanol–water partition coefficient (Wildman–Crippen LogP) is 14.6. The van der Waals surface area contributed by atoms with Crippen molar-refractivity contribution in [2.75, 3.05) is 4.90 Å². The van der Waals surface area contributed by atoms with E-state index in [-0.39, 0.29) is 0 Å². The van der Waals surface area contributed by atoms with Gasteiger partial charge in [-0.2, -0.15) is 0 Å². The highest BCUT2D eigenvalue weighted by Gasteiger charge is 2.20. The first-order chi connectivity index (χ1) is 26.3. The number of benzene rings is 9. The Hall–Kier alpha value is -7.10. The number of furan rings is 2. The number of hydrogen-bond acceptors (Lipinski definition) is 3. The van der Waals surface area contributed by atoms with Crippen LogP contribution in [0.25, 0.3) is 87.7 Å². The van der Waals surface area contributed by atoms with E-state index in [0.29, 0.717) is 0 Å². The Labute approximate surface area is 305 Å². The molecule has 2 aromatic heterocycles. The molecule has 0 saturated carbocycles. The van der Waals surface area contributed by atoms with Gasteiger partial charge in [-0.3, -0.25) is 0 Å². The summed E-state index contributed by atoms with van der Waals surface area (Å²) >= 11 is 0. The second-order valence-electron chi connectivity index (χ2n) is 13.7. The van der Waals surface area contributed by atoms with Gasteiger partial charge in [0.1, 0.15) is 22.3 Å². The maximum atomic E-state index is 6.66. The van der Waals surface area contributed by atoms with Gasteiger partial charge >= 0.3 is 0 Å². The van der Waals surface area contributed by atoms with Gasteiger partial charge in [-0.25, -0.2) is 0 Å². The summed E-state index contributed by atoms with van der Waals surface area (Å²) in [7, 11) is 0. The van der Waals surface area contributed by atoms with E-state index in [0.717, 1.165) is 66.3 Å². The number of fused-ring (bicyclic) bond motifs is 10. The topological polar surface area (TPSA) is 29.5 Å². The molecule has 11 aromatic rings. The van der Waals surface area contributed by atoms with E-state index in [2.05, 4.69) is 181 Å². The Balaban J connectivity index is 1.07. The molecule has 0 N–H and O–H groups in total. The molecule has 0 aliphatic heterocycles. The molecular weight excluding hydrogens is 647 g/mol. The van der Waals surface area contributed by atoms with Crippen LogP contribution in [0.2, 0.25) is 0 Å². The van der Waals surface area contributed by atoms with Crippen LogP contribution in [-0.2, 0) is 0 Å². The highest BCUT2D eigenvalue weighted by atomic mass is 16.3. The van der Waals surface area contributed by atoms with E-state index in [1.807, 2.05) is 12.1 Å². The van der Waals surface area contributed by atoms with Crippen molar-refractivity contribution in [1.82, 2.24) is 0 Å². The first-order valence-electron chi connectivity index (χ1n) is 18.0. The summed E-state index contributed by atoms with van der Waals surface area (Å²) in [5.74, 6) is 0. The zero-order valence-corrected chi connectivity index (χ0v) is 28.7. The summed E-state index contributed by atoms with van der Waals surface area (Å²) in [5.41, 5.74) is 11.4. The summed E-state index contributed by atoms with van der Waals surface area (Å²) in [6.07, 6.45) is 0. The fraction of sp³-hybridized carbons (Fsp3) is 0. The van der Waals surface area contributed by atoms with Crippen LogP contribution in [0.3, 0.4) is 0 Å². The zero-order chi connectivity index (χ0) is 34.9. The predicted molar refractivity (Wildman–Crippen MR) is 222 cm³/mol. The van der Waals surface area contributed by atoms with Crippen LogP contribution >= 0.6 is 0 Å². The lowest BCUT2D eigenvalue weighted by Gasteiger charge is -2.26. The molecule has 0 aliphatic carbocycles. The molecule has 0 aliphatic rings. The summed E-state index contributed by atoms with van der Waals surface area (Å²) in [4.78, 5) is 2.31. The summed E-state index contributed by atoms with van der Waals surface area (Å²) in [6, 6.07) is 66.7. The maximum absolute atomic E-state index is 6.66. The van der Waals surface area contributed by atoms with Gasteiger partial charge in [0.25, 0.3) is 0 Å². The second-order valence-corrected chi connectivity index (χ2v) is 13.7. The SMILES string of the molecule is c1ccc(-c2ccc(N(c3ccc(-c4cccc5ccccc45)cc3)c3ccc4c(c3)oc3ccc5oc6c7ccccc7ccc6c5c34)cc2)cc1. The molecule has 0 bridgehead atoms. The minimum absolute atomic E-state index is 0.832. The van der Waals surface area contributed by atoms with Gasteiger partial charge in [-0.15, -0.1) is 0 Å². The van der Waals surface area contributed by atoms with E-state index in [1.54, 1.807) is 0 Å². The monoisotopic (exact) mass is 677 g/mol. The number of rotatable bonds is 5. The molecule has 0 radical (unpaired) electrons. The molecule has 2 heterocycles. The van der Waals surface area contributed by atoms with Crippen molar-refractivity contribution in [2.24, 2.45) is 0 Å². The summed E-state index contributed by atoms with van der Waals surface area (Å²) in [6.45, 7) is 0. The molecule has 248 valence electrons. The van der Waals surface area contributed by atoms with Crippen molar-refractivity contribution in [3.05, 3.63) is 188 Å². The van der Waals surface area contributed by atoms with E-state index in [4.69, 9.17) is 8.83 Å². The van der Waals surface area contributed by atoms with E-state index < -0.39 is 0 Å². The fourth-order valence-electron chi connectivity index (χ4n) is 8.14. The summed E-state index contributed by atoms with van der Waals surface area (Å²) < 4.78 is 13.2. The van der Waals surface area contributed by atoms with Gasteiger partial charge in [0, 0.05) is 50.1 Å². The van der Waals surface area contributed by atoms with Crippen LogP contribution in [0.5, 0.6) is 0 Å². The Morgan fingerprint density at radius 2 is 0.887 bits per heavy atom. The molecule has 3 heteroatoms. The lowest BCUT2D eigenvalue weighted by atomic mass is 9.98. The molecular formula is C50H31NO2. The van der Waals surface area contributed by atoms with E-state index in [1.165, 1.54) is 38.4 Å². The standard InChI is InChI=1S/C50H31NO2/c1-2-9-32(10-3-1)33-17-22-37(23-18-33)51(38-24-19-36(20-25-38)41-16-8-13-34-11-4-6-14-40(34)41)39-26-28-43-47(31-39)52-45-29-30-46-49(48(43)45)44-27-21-35-12-5-7-15-42(35)50(44)53-46/h1-31H. The third-order valence-electron chi connectivity index (χ3n) is 10.7. The van der Waals surface area contributed by atoms with Crippen LogP contribution < -0.4 is 4.90 Å². The minimum Gasteiger partial charge on any atom is -0.456 e. The Kier molecular flexibility index (Phi) is 6.55. The third kappa shape index (κ3) is 4.75. The molecule has 0 spiro atoms. The lowest BCUT2D eigenvalue weighted by Crippen LogP contribution is -2.09. The van der Waals surface area contributed by atoms with Crippen LogP contribution in [0.1, 0.15) is 0 Å². The quantitative estimate of drug-likeness (QED) is 0.182. The molecule has 0 atom stereocenters. The van der Waals surface area contributed by atoms with Gasteiger partial charge in [-0.1, -0.05) is 127 Å². The molecule has 0 unspecified atom stereocenters. The molecule has 0 amide bonds. The molecule has 0 saturated heterocycles. The zero-order valence-electron chi connectivity index (χ0n) is 28.7. The molecule has 53 heavy (non-hydrogen) atoms. The van der Waals surface area contributed by atoms with Crippen LogP contribution in [0.15, 0.2) is 197 Å². The average molecular weight is 678 g/mol. The van der Waals surface area contributed by atoms with Crippen molar-refractivity contribution in [3.8, 4) is 22.3 Å². The maximum Gasteiger partial charge on any atom is 0.143 e. The van der Waals surface area contributed by atoms with Crippen molar-refractivity contribution in [2.45, 2.75) is 0 Å². The van der Waals surface area contributed by atoms with Crippen molar-refractivity contribution in [3.63, 3.8) is 0 Å². The normalized spacial score (nSPS) is 11.8. The number of hydrogen-bond donors (Lipinski definition) is 0. The summed E-state index contributed by atoms with van der Waals surface area (Å²) in [5, 5.41) is 9.10. The van der Waals surface area contributed by atoms with Gasteiger partial charge in [0.2, 0.25) is 0 Å². The van der Waals surface area contributed by atoms with Crippen molar-refractivity contribution >= 4 is 82.5 Å². The van der Waals surface area contributed by atoms with Gasteiger partial charge in [0.15, 0.2) is 0 Å². The second kappa shape index (κ2) is 11.7. The fourth-order valence-corrected chi connectivity index (χ4v) is 8.14. The van der Waals surface area contributed by atoms with Crippen molar-refractivity contribution in [1.29, 1.82) is 0 Å². The highest BCUT2D eigenvalue weighted by molar-refractivity contribution is 6.28. The Morgan fingerprint density at radius 1 is 0.321 bits per heavy atom. The van der Waals surface area contributed by atoms with E-state index in [9.17, 15) is 0 Å². The Morgan fingerprint density at radius 3 is 1.66 bits per heavy atom.